The molecule has 1 aromatic heterocycles. The number of amides is 2. The molecular weight excluding hydrogens is 348 g/mol. The molecule has 4 rings (SSSR count). The number of hydrogen-bond acceptors (Lipinski definition) is 4. The molecule has 2 saturated heterocycles. The summed E-state index contributed by atoms with van der Waals surface area (Å²) in [5.41, 5.74) is 0.999. The second kappa shape index (κ2) is 7.60. The number of fused-ring (bicyclic) bond motifs is 1. The van der Waals surface area contributed by atoms with Crippen molar-refractivity contribution in [2.24, 2.45) is 5.92 Å². The molecule has 2 aromatic rings. The van der Waals surface area contributed by atoms with Crippen molar-refractivity contribution in [2.75, 3.05) is 13.2 Å². The summed E-state index contributed by atoms with van der Waals surface area (Å²) in [6.07, 6.45) is 0.992. The topological polar surface area (TPSA) is 58.6 Å². The molecule has 0 saturated carbocycles. The van der Waals surface area contributed by atoms with Crippen LogP contribution in [0, 0.1) is 5.92 Å². The van der Waals surface area contributed by atoms with Crippen LogP contribution in [0.2, 0.25) is 0 Å². The maximum Gasteiger partial charge on any atom is 0.227 e. The van der Waals surface area contributed by atoms with Crippen LogP contribution in [0.1, 0.15) is 16.9 Å². The number of hydrogen-bond donors (Lipinski definition) is 1. The Kier molecular flexibility index (Phi) is 5.04. The Morgan fingerprint density at radius 3 is 2.81 bits per heavy atom. The van der Waals surface area contributed by atoms with E-state index in [9.17, 15) is 9.59 Å². The van der Waals surface area contributed by atoms with Gasteiger partial charge in [0.15, 0.2) is 0 Å². The van der Waals surface area contributed by atoms with Gasteiger partial charge in [0, 0.05) is 18.0 Å². The number of carbonyl (C=O) groups is 2. The fourth-order valence-electron chi connectivity index (χ4n) is 3.88. The lowest BCUT2D eigenvalue weighted by atomic mass is 10.0. The fourth-order valence-corrected chi connectivity index (χ4v) is 4.52. The lowest BCUT2D eigenvalue weighted by molar-refractivity contribution is -0.131. The van der Waals surface area contributed by atoms with Crippen LogP contribution in [-0.4, -0.2) is 42.0 Å². The lowest BCUT2D eigenvalue weighted by Gasteiger charge is -2.22. The van der Waals surface area contributed by atoms with Gasteiger partial charge in [0.25, 0.3) is 0 Å². The standard InChI is InChI=1S/C20H22N2O3S/c23-18(11-14-5-2-1-3-6-14)22-13-16(19-17(22)8-9-25-19)20(24)21-12-15-7-4-10-26-15/h1-7,10,16-17,19H,8-9,11-13H2,(H,21,24)/t16-,17-,19+/m1/s1. The molecule has 136 valence electrons. The van der Waals surface area contributed by atoms with E-state index < -0.39 is 0 Å². The minimum atomic E-state index is -0.290. The molecule has 6 heteroatoms. The van der Waals surface area contributed by atoms with Crippen molar-refractivity contribution in [3.63, 3.8) is 0 Å². The van der Waals surface area contributed by atoms with Crippen molar-refractivity contribution < 1.29 is 14.3 Å². The van der Waals surface area contributed by atoms with Crippen molar-refractivity contribution in [1.82, 2.24) is 10.2 Å². The van der Waals surface area contributed by atoms with Crippen molar-refractivity contribution in [3.8, 4) is 0 Å². The monoisotopic (exact) mass is 370 g/mol. The van der Waals surface area contributed by atoms with Gasteiger partial charge in [0.2, 0.25) is 11.8 Å². The third-order valence-corrected chi connectivity index (χ3v) is 6.04. The smallest absolute Gasteiger partial charge is 0.227 e. The first-order valence-corrected chi connectivity index (χ1v) is 9.85. The highest BCUT2D eigenvalue weighted by Gasteiger charge is 2.50. The quantitative estimate of drug-likeness (QED) is 0.878. The predicted molar refractivity (Wildman–Crippen MR) is 99.7 cm³/mol. The molecule has 2 fully saturated rings. The number of likely N-dealkylation sites (tertiary alicyclic amines) is 1. The van der Waals surface area contributed by atoms with Crippen LogP contribution in [0.15, 0.2) is 47.8 Å². The molecule has 2 aliphatic heterocycles. The van der Waals surface area contributed by atoms with Crippen LogP contribution in [-0.2, 0) is 27.3 Å². The van der Waals surface area contributed by atoms with Crippen molar-refractivity contribution in [1.29, 1.82) is 0 Å². The highest BCUT2D eigenvalue weighted by Crippen LogP contribution is 2.34. The van der Waals surface area contributed by atoms with Gasteiger partial charge >= 0.3 is 0 Å². The van der Waals surface area contributed by atoms with E-state index in [1.54, 1.807) is 11.3 Å². The maximum absolute atomic E-state index is 12.8. The van der Waals surface area contributed by atoms with E-state index in [4.69, 9.17) is 4.74 Å². The summed E-state index contributed by atoms with van der Waals surface area (Å²) in [5, 5.41) is 5.00. The number of thiophene rings is 1. The van der Waals surface area contributed by atoms with Gasteiger partial charge in [0.1, 0.15) is 0 Å². The number of nitrogens with zero attached hydrogens (tertiary/aromatic N) is 1. The summed E-state index contributed by atoms with van der Waals surface area (Å²) in [6.45, 7) is 1.58. The summed E-state index contributed by atoms with van der Waals surface area (Å²) in [7, 11) is 0. The number of carbonyl (C=O) groups excluding carboxylic acids is 2. The molecule has 0 unspecified atom stereocenters. The second-order valence-electron chi connectivity index (χ2n) is 6.80. The molecule has 2 amide bonds. The number of ether oxygens (including phenoxy) is 1. The van der Waals surface area contributed by atoms with Crippen molar-refractivity contribution in [3.05, 3.63) is 58.3 Å². The van der Waals surface area contributed by atoms with Crippen LogP contribution < -0.4 is 5.32 Å². The SMILES string of the molecule is O=C(NCc1cccs1)[C@@H]1CN(C(=O)Cc2ccccc2)[C@@H]2CCO[C@H]21. The van der Waals surface area contributed by atoms with E-state index in [1.807, 2.05) is 52.7 Å². The lowest BCUT2D eigenvalue weighted by Crippen LogP contribution is -2.38. The van der Waals surface area contributed by atoms with Gasteiger partial charge in [-0.1, -0.05) is 36.4 Å². The van der Waals surface area contributed by atoms with Crippen LogP contribution in [0.5, 0.6) is 0 Å². The number of nitrogens with one attached hydrogen (secondary N) is 1. The molecule has 3 heterocycles. The number of benzene rings is 1. The molecule has 0 aliphatic carbocycles. The molecule has 2 aliphatic rings. The highest BCUT2D eigenvalue weighted by atomic mass is 32.1. The second-order valence-corrected chi connectivity index (χ2v) is 7.84. The normalized spacial score (nSPS) is 24.5. The predicted octanol–water partition coefficient (Wildman–Crippen LogP) is 2.22. The molecular formula is C20H22N2O3S. The van der Waals surface area contributed by atoms with E-state index in [0.29, 0.717) is 26.1 Å². The molecule has 26 heavy (non-hydrogen) atoms. The first-order valence-electron chi connectivity index (χ1n) is 8.97. The molecule has 0 bridgehead atoms. The molecule has 1 aromatic carbocycles. The Labute approximate surface area is 157 Å². The van der Waals surface area contributed by atoms with Crippen LogP contribution in [0.4, 0.5) is 0 Å². The summed E-state index contributed by atoms with van der Waals surface area (Å²) >= 11 is 1.62. The van der Waals surface area contributed by atoms with Gasteiger partial charge < -0.3 is 15.0 Å². The van der Waals surface area contributed by atoms with Crippen LogP contribution in [0.25, 0.3) is 0 Å². The van der Waals surface area contributed by atoms with Crippen molar-refractivity contribution >= 4 is 23.2 Å². The first kappa shape index (κ1) is 17.2. The molecule has 0 radical (unpaired) electrons. The maximum atomic E-state index is 12.8. The summed E-state index contributed by atoms with van der Waals surface area (Å²) in [4.78, 5) is 28.5. The third-order valence-electron chi connectivity index (χ3n) is 5.17. The average Bonchev–Trinajstić information content (AvgIpc) is 3.38. The zero-order chi connectivity index (χ0) is 17.9. The summed E-state index contributed by atoms with van der Waals surface area (Å²) in [6, 6.07) is 13.7. The minimum absolute atomic E-state index is 0.0173. The van der Waals surface area contributed by atoms with E-state index in [2.05, 4.69) is 5.32 Å². The summed E-state index contributed by atoms with van der Waals surface area (Å²) in [5.74, 6) is -0.238. The van der Waals surface area contributed by atoms with E-state index in [0.717, 1.165) is 16.9 Å². The third kappa shape index (κ3) is 3.52. The van der Waals surface area contributed by atoms with Gasteiger partial charge in [-0.2, -0.15) is 0 Å². The van der Waals surface area contributed by atoms with Gasteiger partial charge in [-0.15, -0.1) is 11.3 Å². The first-order chi connectivity index (χ1) is 12.7. The van der Waals surface area contributed by atoms with E-state index in [1.165, 1.54) is 0 Å². The Bertz CT molecular complexity index is 763. The molecule has 3 atom stereocenters. The Morgan fingerprint density at radius 1 is 1.19 bits per heavy atom. The van der Waals surface area contributed by atoms with Crippen molar-refractivity contribution in [2.45, 2.75) is 31.5 Å². The van der Waals surface area contributed by atoms with Gasteiger partial charge in [-0.25, -0.2) is 0 Å². The fraction of sp³-hybridized carbons (Fsp3) is 0.400. The van der Waals surface area contributed by atoms with Gasteiger partial charge in [-0.05, 0) is 23.4 Å². The number of rotatable bonds is 5. The zero-order valence-corrected chi connectivity index (χ0v) is 15.3. The summed E-state index contributed by atoms with van der Waals surface area (Å²) < 4.78 is 5.83. The average molecular weight is 370 g/mol. The van der Waals surface area contributed by atoms with Crippen LogP contribution in [0.3, 0.4) is 0 Å². The largest absolute Gasteiger partial charge is 0.375 e. The van der Waals surface area contributed by atoms with Gasteiger partial charge in [0.05, 0.1) is 31.0 Å². The van der Waals surface area contributed by atoms with E-state index >= 15 is 0 Å². The van der Waals surface area contributed by atoms with Gasteiger partial charge in [-0.3, -0.25) is 9.59 Å². The molecule has 5 nitrogen and oxygen atoms in total. The van der Waals surface area contributed by atoms with Crippen LogP contribution >= 0.6 is 11.3 Å². The Hall–Kier alpha value is -2.18. The Balaban J connectivity index is 1.41. The Morgan fingerprint density at radius 2 is 2.04 bits per heavy atom. The highest BCUT2D eigenvalue weighted by molar-refractivity contribution is 7.09. The molecule has 1 N–H and O–H groups in total. The zero-order valence-electron chi connectivity index (χ0n) is 14.5. The van der Waals surface area contributed by atoms with E-state index in [-0.39, 0.29) is 29.9 Å². The molecule has 0 spiro atoms. The minimum Gasteiger partial charge on any atom is -0.375 e.